The molecule has 18 nitrogen and oxygen atoms in total. The van der Waals surface area contributed by atoms with E-state index in [1.54, 1.807) is 60.7 Å². The Kier molecular flexibility index (Phi) is 18.0. The summed E-state index contributed by atoms with van der Waals surface area (Å²) in [6.45, 7) is 2.26. The average Bonchev–Trinajstić information content (AvgIpc) is 3.07. The van der Waals surface area contributed by atoms with Gasteiger partial charge in [0.25, 0.3) is 23.2 Å². The number of nitrogens with one attached hydrogen (secondary N) is 2. The van der Waals surface area contributed by atoms with E-state index >= 15 is 0 Å². The van der Waals surface area contributed by atoms with Gasteiger partial charge in [0, 0.05) is 35.6 Å². The molecule has 0 aliphatic rings. The van der Waals surface area contributed by atoms with Crippen molar-refractivity contribution >= 4 is 45.9 Å². The molecule has 0 unspecified atom stereocenters. The van der Waals surface area contributed by atoms with Crippen LogP contribution in [0.4, 0.5) is 34.1 Å². The molecule has 0 saturated carbocycles. The molecule has 20 heteroatoms. The summed E-state index contributed by atoms with van der Waals surface area (Å²) in [5.41, 5.74) is -1.30. The van der Waals surface area contributed by atoms with Crippen LogP contribution in [0.25, 0.3) is 0 Å². The Morgan fingerprint density at radius 1 is 0.596 bits per heavy atom. The van der Waals surface area contributed by atoms with Crippen LogP contribution in [-0.4, -0.2) is 21.7 Å². The number of carbonyl (C=O) groups is 2. The number of anilines is 2. The van der Waals surface area contributed by atoms with Gasteiger partial charge < -0.3 is 31.1 Å². The zero-order valence-corrected chi connectivity index (χ0v) is 30.4. The average molecular weight is 763 g/mol. The molecule has 2 amide bonds. The molecule has 2 N–H and O–H groups in total. The minimum Gasteiger partial charge on any atom is -0.874 e. The van der Waals surface area contributed by atoms with E-state index in [-0.39, 0.29) is 69.1 Å². The van der Waals surface area contributed by atoms with Crippen LogP contribution in [-0.2, 0) is 26.4 Å². The molecule has 0 radical (unpaired) electrons. The molecule has 262 valence electrons. The van der Waals surface area contributed by atoms with Crippen molar-refractivity contribution in [3.8, 4) is 11.5 Å². The Morgan fingerprint density at radius 2 is 0.923 bits per heavy atom. The molecule has 4 aromatic rings. The van der Waals surface area contributed by atoms with E-state index in [0.29, 0.717) is 11.4 Å². The number of allylic oxidation sites excluding steroid dienone is 2. The van der Waals surface area contributed by atoms with Gasteiger partial charge in [-0.05, 0) is 36.4 Å². The first kappa shape index (κ1) is 44.0. The van der Waals surface area contributed by atoms with Crippen molar-refractivity contribution in [2.75, 3.05) is 10.6 Å². The van der Waals surface area contributed by atoms with Gasteiger partial charge in [-0.2, -0.15) is 10.2 Å². The maximum atomic E-state index is 12.1. The zero-order chi connectivity index (χ0) is 36.8. The first-order valence-corrected chi connectivity index (χ1v) is 14.0. The second kappa shape index (κ2) is 21.3. The molecule has 0 heterocycles. The Morgan fingerprint density at radius 3 is 1.19 bits per heavy atom. The molecule has 4 rings (SSSR count). The van der Waals surface area contributed by atoms with Gasteiger partial charge in [0.05, 0.1) is 21.2 Å². The molecule has 52 heavy (non-hydrogen) atoms. The van der Waals surface area contributed by atoms with Crippen LogP contribution in [0.15, 0.2) is 140 Å². The number of amides is 2. The van der Waals surface area contributed by atoms with Gasteiger partial charge in [0.2, 0.25) is 0 Å². The van der Waals surface area contributed by atoms with Gasteiger partial charge >= 0.3 is 46.3 Å². The Hall–Kier alpha value is -5.99. The number of non-ortho nitro benzene ring substituents is 2. The van der Waals surface area contributed by atoms with Crippen LogP contribution >= 0.6 is 0 Å². The van der Waals surface area contributed by atoms with Crippen molar-refractivity contribution in [1.29, 1.82) is 0 Å². The minimum absolute atomic E-state index is 0. The van der Waals surface area contributed by atoms with Crippen LogP contribution in [0.5, 0.6) is 11.5 Å². The van der Waals surface area contributed by atoms with Crippen molar-refractivity contribution in [2.24, 2.45) is 20.5 Å². The molecule has 0 atom stereocenters. The van der Waals surface area contributed by atoms with E-state index in [1.165, 1.54) is 0 Å². The predicted octanol–water partition coefficient (Wildman–Crippen LogP) is 0.967. The number of nitrogens with zero attached hydrogens (tertiary/aromatic N) is 6. The summed E-state index contributed by atoms with van der Waals surface area (Å²) in [7, 11) is 0. The largest absolute Gasteiger partial charge is 3.00 e. The third-order valence-electron chi connectivity index (χ3n) is 5.98. The van der Waals surface area contributed by atoms with Gasteiger partial charge in [-0.25, -0.2) is 0 Å². The Balaban J connectivity index is 0.000000501. The standard InChI is InChI=1S/2C16H14N4O5.Co.Na/c2*1-10(21)15(16(23)17-11-5-3-2-4-6-11)19-18-13-8-7-12(20(24)25)9-14(13)22;;/h2*2-9,21-22H,1H3,(H,17,23);;/q;;+3;+1/p-4/b2*15-10-,19-18?;;. The van der Waals surface area contributed by atoms with Crippen LogP contribution in [0.3, 0.4) is 0 Å². The molecular formula is C32H24CoN8NaO10. The van der Waals surface area contributed by atoms with Gasteiger partial charge in [-0.3, -0.25) is 29.8 Å². The first-order valence-electron chi connectivity index (χ1n) is 14.0. The van der Waals surface area contributed by atoms with Gasteiger partial charge in [-0.1, -0.05) is 61.7 Å². The van der Waals surface area contributed by atoms with E-state index in [2.05, 4.69) is 31.1 Å². The Labute approximate surface area is 327 Å². The Bertz CT molecular complexity index is 1880. The number of carbonyl (C=O) groups excluding carboxylic acids is 2. The first-order chi connectivity index (χ1) is 23.8. The molecule has 0 aromatic heterocycles. The second-order valence-corrected chi connectivity index (χ2v) is 9.67. The summed E-state index contributed by atoms with van der Waals surface area (Å²) in [5.74, 6) is -4.35. The van der Waals surface area contributed by atoms with Crippen molar-refractivity contribution < 1.29 is 86.2 Å². The number of rotatable bonds is 10. The van der Waals surface area contributed by atoms with Gasteiger partial charge in [0.15, 0.2) is 0 Å². The summed E-state index contributed by atoms with van der Waals surface area (Å²) in [6, 6.07) is 22.7. The molecule has 0 spiro atoms. The van der Waals surface area contributed by atoms with Gasteiger partial charge in [0.1, 0.15) is 11.4 Å². The summed E-state index contributed by atoms with van der Waals surface area (Å²) >= 11 is 0. The molecular weight excluding hydrogens is 738 g/mol. The quantitative estimate of drug-likeness (QED) is 0.0576. The van der Waals surface area contributed by atoms with Crippen LogP contribution in [0.1, 0.15) is 13.8 Å². The number of hydrogen-bond acceptors (Lipinski definition) is 14. The van der Waals surface area contributed by atoms with E-state index in [1.807, 2.05) is 0 Å². The maximum Gasteiger partial charge on any atom is 3.00 e. The summed E-state index contributed by atoms with van der Waals surface area (Å²) < 4.78 is 0. The summed E-state index contributed by atoms with van der Waals surface area (Å²) in [4.78, 5) is 44.0. The fraction of sp³-hybridized carbons (Fsp3) is 0.0625. The van der Waals surface area contributed by atoms with Gasteiger partial charge in [-0.15, -0.1) is 21.7 Å². The number of nitro benzene ring substituents is 2. The van der Waals surface area contributed by atoms with Crippen LogP contribution in [0.2, 0.25) is 0 Å². The normalized spacial score (nSPS) is 11.4. The van der Waals surface area contributed by atoms with Crippen LogP contribution in [0, 0.1) is 20.2 Å². The monoisotopic (exact) mass is 762 g/mol. The van der Waals surface area contributed by atoms with Crippen molar-refractivity contribution in [3.05, 3.63) is 140 Å². The predicted molar refractivity (Wildman–Crippen MR) is 170 cm³/mol. The van der Waals surface area contributed by atoms with E-state index < -0.39 is 56.1 Å². The summed E-state index contributed by atoms with van der Waals surface area (Å²) in [5, 5.41) is 87.0. The fourth-order valence-corrected chi connectivity index (χ4v) is 3.58. The molecule has 0 bridgehead atoms. The number of azo groups is 2. The molecule has 0 fully saturated rings. The number of nitro groups is 2. The van der Waals surface area contributed by atoms with E-state index in [4.69, 9.17) is 0 Å². The third-order valence-corrected chi connectivity index (χ3v) is 5.98. The molecule has 0 aliphatic carbocycles. The fourth-order valence-electron chi connectivity index (χ4n) is 3.58. The number of benzene rings is 4. The summed E-state index contributed by atoms with van der Waals surface area (Å²) in [6.07, 6.45) is 0. The minimum atomic E-state index is -0.781. The van der Waals surface area contributed by atoms with Crippen molar-refractivity contribution in [2.45, 2.75) is 13.8 Å². The molecule has 0 aliphatic heterocycles. The van der Waals surface area contributed by atoms with E-state index in [9.17, 15) is 50.2 Å². The van der Waals surface area contributed by atoms with E-state index in [0.717, 1.165) is 50.2 Å². The smallest absolute Gasteiger partial charge is 0.874 e. The molecule has 4 aromatic carbocycles. The topological polar surface area (TPSA) is 286 Å². The number of para-hydroxylation sites is 2. The third kappa shape index (κ3) is 13.4. The SMILES string of the molecule is C/C([O-])=C(/N=Nc1ccc([N+](=O)[O-])cc1[O-])C(=O)Nc1ccccc1.C/C([O-])=C(/N=Nc1ccc([N+](=O)[O-])cc1[O-])C(=O)Nc1ccccc1.[Co+3].[Na+]. The zero-order valence-electron chi connectivity index (χ0n) is 27.3. The maximum absolute atomic E-state index is 12.1. The number of hydrogen-bond donors (Lipinski definition) is 2. The molecule has 0 saturated heterocycles. The van der Waals surface area contributed by atoms with Crippen molar-refractivity contribution in [1.82, 2.24) is 0 Å². The van der Waals surface area contributed by atoms with Crippen molar-refractivity contribution in [3.63, 3.8) is 0 Å². The van der Waals surface area contributed by atoms with Crippen LogP contribution < -0.4 is 60.6 Å². The second-order valence-electron chi connectivity index (χ2n) is 9.67.